The summed E-state index contributed by atoms with van der Waals surface area (Å²) in [7, 11) is 0. The summed E-state index contributed by atoms with van der Waals surface area (Å²) in [6.45, 7) is 1.79. The fourth-order valence-electron chi connectivity index (χ4n) is 5.67. The Hall–Kier alpha value is -1.42. The molecule has 4 saturated heterocycles. The molecular weight excluding hydrogens is 592 g/mol. The van der Waals surface area contributed by atoms with Crippen LogP contribution in [0.3, 0.4) is 0 Å². The highest BCUT2D eigenvalue weighted by molar-refractivity contribution is 5.17. The number of aliphatic hydroxyl groups is 8. The Bertz CT molecular complexity index is 1040. The summed E-state index contributed by atoms with van der Waals surface area (Å²) >= 11 is 0. The molecule has 0 bridgehead atoms. The van der Waals surface area contributed by atoms with Gasteiger partial charge in [-0.3, -0.25) is 0 Å². The maximum atomic E-state index is 10.7. The molecule has 1 unspecified atom stereocenters. The summed E-state index contributed by atoms with van der Waals surface area (Å²) in [5.74, 6) is -0.982. The molecule has 1 aromatic carbocycles. The van der Waals surface area contributed by atoms with Gasteiger partial charge >= 0.3 is 0 Å². The zero-order valence-corrected chi connectivity index (χ0v) is 24.2. The second-order valence-electron chi connectivity index (χ2n) is 11.7. The van der Waals surface area contributed by atoms with Crippen LogP contribution >= 0.6 is 0 Å². The Kier molecular flexibility index (Phi) is 10.9. The molecule has 0 radical (unpaired) electrons. The molecule has 16 heteroatoms. The third kappa shape index (κ3) is 7.11. The second kappa shape index (κ2) is 14.1. The van der Waals surface area contributed by atoms with Gasteiger partial charge in [-0.25, -0.2) is 0 Å². The smallest absolute Gasteiger partial charge is 0.187 e. The third-order valence-corrected chi connectivity index (χ3v) is 8.15. The van der Waals surface area contributed by atoms with Gasteiger partial charge in [-0.2, -0.15) is 0 Å². The van der Waals surface area contributed by atoms with Crippen LogP contribution < -0.4 is 0 Å². The van der Waals surface area contributed by atoms with E-state index >= 15 is 0 Å². The predicted molar refractivity (Wildman–Crippen MR) is 142 cm³/mol. The second-order valence-corrected chi connectivity index (χ2v) is 11.7. The zero-order valence-electron chi connectivity index (χ0n) is 24.2. The molecule has 4 heterocycles. The van der Waals surface area contributed by atoms with Gasteiger partial charge in [0.2, 0.25) is 0 Å². The molecule has 44 heavy (non-hydrogen) atoms. The van der Waals surface area contributed by atoms with Gasteiger partial charge in [-0.1, -0.05) is 30.3 Å². The lowest BCUT2D eigenvalue weighted by atomic mass is 9.97. The molecule has 1 aromatic rings. The van der Waals surface area contributed by atoms with Crippen LogP contribution in [0.4, 0.5) is 0 Å². The van der Waals surface area contributed by atoms with Gasteiger partial charge in [-0.05, 0) is 13.8 Å². The summed E-state index contributed by atoms with van der Waals surface area (Å²) in [5.41, 5.74) is 0.625. The van der Waals surface area contributed by atoms with Crippen LogP contribution in [-0.2, 0) is 37.9 Å². The van der Waals surface area contributed by atoms with Crippen LogP contribution in [0, 0.1) is 0 Å². The first kappa shape index (κ1) is 33.9. The first-order chi connectivity index (χ1) is 20.9. The summed E-state index contributed by atoms with van der Waals surface area (Å²) < 4.78 is 47.6. The van der Waals surface area contributed by atoms with E-state index in [4.69, 9.17) is 37.9 Å². The Balaban J connectivity index is 1.44. The molecule has 4 aliphatic rings. The van der Waals surface area contributed by atoms with Crippen molar-refractivity contribution in [2.75, 3.05) is 26.4 Å². The quantitative estimate of drug-likeness (QED) is 0.132. The van der Waals surface area contributed by atoms with Crippen molar-refractivity contribution in [1.82, 2.24) is 0 Å². The molecule has 0 saturated carbocycles. The van der Waals surface area contributed by atoms with Gasteiger partial charge in [-0.15, -0.1) is 0 Å². The van der Waals surface area contributed by atoms with Crippen LogP contribution in [0.25, 0.3) is 0 Å². The number of hydrogen-bond donors (Lipinski definition) is 8. The van der Waals surface area contributed by atoms with Crippen LogP contribution in [-0.4, -0.2) is 159 Å². The van der Waals surface area contributed by atoms with Gasteiger partial charge in [0.05, 0.1) is 26.4 Å². The van der Waals surface area contributed by atoms with Crippen LogP contribution in [0.5, 0.6) is 0 Å². The molecule has 0 spiro atoms. The molecule has 16 nitrogen and oxygen atoms in total. The van der Waals surface area contributed by atoms with Crippen LogP contribution in [0.2, 0.25) is 0 Å². The topological polar surface area (TPSA) is 236 Å². The van der Waals surface area contributed by atoms with Crippen molar-refractivity contribution in [2.45, 2.75) is 112 Å². The van der Waals surface area contributed by atoms with Gasteiger partial charge in [0.1, 0.15) is 73.2 Å². The third-order valence-electron chi connectivity index (χ3n) is 8.15. The number of aliphatic hydroxyl groups excluding tert-OH is 8. The number of ether oxygens (including phenoxy) is 8. The van der Waals surface area contributed by atoms with Gasteiger partial charge < -0.3 is 78.7 Å². The van der Waals surface area contributed by atoms with Gasteiger partial charge in [0, 0.05) is 5.56 Å². The Morgan fingerprint density at radius 2 is 1.32 bits per heavy atom. The minimum Gasteiger partial charge on any atom is -0.394 e. The summed E-state index contributed by atoms with van der Waals surface area (Å²) in [6, 6.07) is 8.92. The highest BCUT2D eigenvalue weighted by atomic mass is 16.8. The monoisotopic (exact) mass is 634 g/mol. The van der Waals surface area contributed by atoms with Crippen molar-refractivity contribution >= 4 is 0 Å². The highest BCUT2D eigenvalue weighted by Gasteiger charge is 2.53. The van der Waals surface area contributed by atoms with E-state index in [2.05, 4.69) is 0 Å². The normalized spacial score (nSPS) is 46.2. The van der Waals surface area contributed by atoms with E-state index < -0.39 is 111 Å². The minimum absolute atomic E-state index is 0.0774. The minimum atomic E-state index is -1.75. The average molecular weight is 635 g/mol. The van der Waals surface area contributed by atoms with E-state index in [0.29, 0.717) is 5.56 Å². The molecule has 15 atom stereocenters. The fourth-order valence-corrected chi connectivity index (χ4v) is 5.67. The molecule has 4 fully saturated rings. The Labute approximate surface area is 253 Å². The van der Waals surface area contributed by atoms with Crippen molar-refractivity contribution in [1.29, 1.82) is 0 Å². The average Bonchev–Trinajstić information content (AvgIpc) is 3.39. The SMILES string of the molecule is CC1(C)OC[C@H]([C@H]2OC(c3ccccc3)O[C@@H](CO[C@@H]3O[C@H](CO)[C@@H](O)[C@H](O)[C@H]3O)[C@H]2O[C@@H]2O[C@H](CO)[C@@H](O)[C@H](O)[C@H]2O)O1. The van der Waals surface area contributed by atoms with E-state index in [0.717, 1.165) is 0 Å². The molecule has 0 amide bonds. The van der Waals surface area contributed by atoms with Gasteiger partial charge in [0.25, 0.3) is 0 Å². The molecule has 250 valence electrons. The number of rotatable bonds is 9. The fraction of sp³-hybridized carbons (Fsp3) is 0.786. The predicted octanol–water partition coefficient (Wildman–Crippen LogP) is -3.38. The first-order valence-electron chi connectivity index (χ1n) is 14.5. The zero-order chi connectivity index (χ0) is 31.8. The van der Waals surface area contributed by atoms with E-state index in [9.17, 15) is 40.9 Å². The molecule has 0 aliphatic carbocycles. The standard InChI is InChI=1S/C28H42O16/c1-28(2)38-11-16(44-28)24-23(43-27-22(36)20(34)18(32)14(9-30)40-27)15(41-25(42-24)12-6-4-3-5-7-12)10-37-26-21(35)19(33)17(31)13(8-29)39-26/h3-7,13-27,29-36H,8-11H2,1-2H3/t13-,14-,15+,16-,17-,18-,19+,20+,21-,22-,23-,24-,25?,26-,27+/m1/s1. The van der Waals surface area contributed by atoms with Crippen molar-refractivity contribution in [3.8, 4) is 0 Å². The van der Waals surface area contributed by atoms with Crippen molar-refractivity contribution in [2.24, 2.45) is 0 Å². The first-order valence-corrected chi connectivity index (χ1v) is 14.5. The molecule has 0 aromatic heterocycles. The molecule has 8 N–H and O–H groups in total. The maximum absolute atomic E-state index is 10.7. The van der Waals surface area contributed by atoms with Crippen molar-refractivity contribution in [3.63, 3.8) is 0 Å². The largest absolute Gasteiger partial charge is 0.394 e. The van der Waals surface area contributed by atoms with E-state index in [1.807, 2.05) is 6.07 Å². The van der Waals surface area contributed by atoms with Crippen LogP contribution in [0.1, 0.15) is 25.7 Å². The molecular formula is C28H42O16. The summed E-state index contributed by atoms with van der Waals surface area (Å²) in [4.78, 5) is 0. The Morgan fingerprint density at radius 3 is 1.89 bits per heavy atom. The summed E-state index contributed by atoms with van der Waals surface area (Å²) in [5, 5.41) is 81.6. The Morgan fingerprint density at radius 1 is 0.727 bits per heavy atom. The number of hydrogen-bond acceptors (Lipinski definition) is 16. The highest BCUT2D eigenvalue weighted by Crippen LogP contribution is 2.39. The lowest BCUT2D eigenvalue weighted by Crippen LogP contribution is -2.63. The molecule has 5 rings (SSSR count). The number of benzene rings is 1. The van der Waals surface area contributed by atoms with E-state index in [1.54, 1.807) is 38.1 Å². The maximum Gasteiger partial charge on any atom is 0.187 e. The summed E-state index contributed by atoms with van der Waals surface area (Å²) in [6.07, 6.45) is -20.6. The van der Waals surface area contributed by atoms with E-state index in [1.165, 1.54) is 0 Å². The van der Waals surface area contributed by atoms with E-state index in [-0.39, 0.29) is 13.2 Å². The van der Waals surface area contributed by atoms with Crippen LogP contribution in [0.15, 0.2) is 30.3 Å². The lowest BCUT2D eigenvalue weighted by molar-refractivity contribution is -0.376. The van der Waals surface area contributed by atoms with Crippen molar-refractivity contribution in [3.05, 3.63) is 35.9 Å². The molecule has 4 aliphatic heterocycles. The van der Waals surface area contributed by atoms with Crippen molar-refractivity contribution < 1.29 is 78.7 Å². The lowest BCUT2D eigenvalue weighted by Gasteiger charge is -2.47. The van der Waals surface area contributed by atoms with Gasteiger partial charge in [0.15, 0.2) is 24.7 Å².